The molecule has 1 fully saturated rings. The van der Waals surface area contributed by atoms with E-state index in [-0.39, 0.29) is 5.91 Å². The van der Waals surface area contributed by atoms with Crippen molar-refractivity contribution >= 4 is 16.8 Å². The average molecular weight is 309 g/mol. The van der Waals surface area contributed by atoms with Gasteiger partial charge in [0.15, 0.2) is 0 Å². The van der Waals surface area contributed by atoms with Crippen LogP contribution >= 0.6 is 0 Å². The minimum Gasteiger partial charge on any atom is -0.353 e. The number of carbonyl (C=O) groups is 1. The first-order valence-electron chi connectivity index (χ1n) is 7.81. The van der Waals surface area contributed by atoms with Gasteiger partial charge in [-0.2, -0.15) is 5.10 Å². The normalized spacial score (nSPS) is 16.1. The van der Waals surface area contributed by atoms with Crippen LogP contribution in [-0.2, 0) is 0 Å². The zero-order chi connectivity index (χ0) is 15.8. The van der Waals surface area contributed by atoms with Crippen LogP contribution in [0, 0.1) is 0 Å². The molecule has 0 bridgehead atoms. The highest BCUT2D eigenvalue weighted by Crippen LogP contribution is 2.24. The molecule has 1 saturated heterocycles. The Hall–Kier alpha value is -2.60. The van der Waals surface area contributed by atoms with Crippen LogP contribution in [0.15, 0.2) is 36.5 Å². The van der Waals surface area contributed by atoms with E-state index in [9.17, 15) is 4.79 Å². The van der Waals surface area contributed by atoms with E-state index in [1.165, 1.54) is 0 Å². The van der Waals surface area contributed by atoms with Crippen molar-refractivity contribution in [2.24, 2.45) is 0 Å². The number of nitrogens with one attached hydrogen (secondary N) is 2. The molecular formula is C17H19N5O. The van der Waals surface area contributed by atoms with Crippen LogP contribution in [0.1, 0.15) is 10.4 Å². The van der Waals surface area contributed by atoms with Gasteiger partial charge in [-0.05, 0) is 37.4 Å². The van der Waals surface area contributed by atoms with Crippen LogP contribution in [-0.4, -0.2) is 64.1 Å². The van der Waals surface area contributed by atoms with Gasteiger partial charge in [0.1, 0.15) is 0 Å². The van der Waals surface area contributed by atoms with Gasteiger partial charge in [0, 0.05) is 48.8 Å². The number of nitrogens with zero attached hydrogens (tertiary/aromatic N) is 3. The number of rotatable bonds is 2. The van der Waals surface area contributed by atoms with Crippen LogP contribution in [0.2, 0.25) is 0 Å². The zero-order valence-corrected chi connectivity index (χ0v) is 13.0. The smallest absolute Gasteiger partial charge is 0.253 e. The predicted molar refractivity (Wildman–Crippen MR) is 89.3 cm³/mol. The molecule has 3 heterocycles. The average Bonchev–Trinajstić information content (AvgIpc) is 3.23. The van der Waals surface area contributed by atoms with E-state index >= 15 is 0 Å². The van der Waals surface area contributed by atoms with Gasteiger partial charge >= 0.3 is 0 Å². The van der Waals surface area contributed by atoms with Gasteiger partial charge in [0.25, 0.3) is 5.91 Å². The largest absolute Gasteiger partial charge is 0.353 e. The van der Waals surface area contributed by atoms with Crippen LogP contribution in [0.4, 0.5) is 0 Å². The summed E-state index contributed by atoms with van der Waals surface area (Å²) in [5.41, 5.74) is 3.68. The zero-order valence-electron chi connectivity index (χ0n) is 13.0. The van der Waals surface area contributed by atoms with Crippen molar-refractivity contribution in [2.75, 3.05) is 33.2 Å². The first kappa shape index (κ1) is 14.0. The number of likely N-dealkylation sites (N-methyl/N-ethyl adjacent to an activating group) is 1. The molecule has 23 heavy (non-hydrogen) atoms. The van der Waals surface area contributed by atoms with Crippen LogP contribution < -0.4 is 0 Å². The third-order valence-electron chi connectivity index (χ3n) is 4.45. The quantitative estimate of drug-likeness (QED) is 0.760. The summed E-state index contributed by atoms with van der Waals surface area (Å²) >= 11 is 0. The number of aromatic nitrogens is 3. The summed E-state index contributed by atoms with van der Waals surface area (Å²) in [6.45, 7) is 3.45. The highest BCUT2D eigenvalue weighted by molar-refractivity contribution is 5.99. The van der Waals surface area contributed by atoms with Crippen molar-refractivity contribution in [3.8, 4) is 11.4 Å². The highest BCUT2D eigenvalue weighted by Gasteiger charge is 2.20. The SMILES string of the molecule is CN1CCN(C(=O)c2ccc3[nH]c(-c4ccn[nH]4)cc3c2)CC1. The van der Waals surface area contributed by atoms with E-state index in [1.807, 2.05) is 35.2 Å². The van der Waals surface area contributed by atoms with Gasteiger partial charge in [-0.15, -0.1) is 0 Å². The lowest BCUT2D eigenvalue weighted by Gasteiger charge is -2.32. The number of aromatic amines is 2. The molecule has 6 nitrogen and oxygen atoms in total. The fourth-order valence-corrected chi connectivity index (χ4v) is 3.01. The van der Waals surface area contributed by atoms with E-state index in [2.05, 4.69) is 27.1 Å². The number of hydrogen-bond donors (Lipinski definition) is 2. The predicted octanol–water partition coefficient (Wildman–Crippen LogP) is 1.95. The lowest BCUT2D eigenvalue weighted by molar-refractivity contribution is 0.0664. The Bertz CT molecular complexity index is 828. The Balaban J connectivity index is 1.62. The lowest BCUT2D eigenvalue weighted by Crippen LogP contribution is -2.47. The minimum absolute atomic E-state index is 0.115. The first-order valence-corrected chi connectivity index (χ1v) is 7.81. The first-order chi connectivity index (χ1) is 11.2. The molecule has 0 atom stereocenters. The second-order valence-corrected chi connectivity index (χ2v) is 6.05. The Morgan fingerprint density at radius 1 is 1.09 bits per heavy atom. The molecule has 1 aliphatic rings. The van der Waals surface area contributed by atoms with E-state index in [1.54, 1.807) is 6.20 Å². The number of hydrogen-bond acceptors (Lipinski definition) is 3. The topological polar surface area (TPSA) is 68.0 Å². The summed E-state index contributed by atoms with van der Waals surface area (Å²) < 4.78 is 0. The van der Waals surface area contributed by atoms with E-state index < -0.39 is 0 Å². The summed E-state index contributed by atoms with van der Waals surface area (Å²) in [5, 5.41) is 7.96. The number of fused-ring (bicyclic) bond motifs is 1. The highest BCUT2D eigenvalue weighted by atomic mass is 16.2. The molecule has 2 N–H and O–H groups in total. The molecule has 0 saturated carbocycles. The molecule has 1 aliphatic heterocycles. The van der Waals surface area contributed by atoms with Gasteiger partial charge in [0.05, 0.1) is 11.4 Å². The summed E-state index contributed by atoms with van der Waals surface area (Å²) in [5.74, 6) is 0.115. The maximum Gasteiger partial charge on any atom is 0.253 e. The molecule has 4 rings (SSSR count). The molecule has 1 amide bonds. The standard InChI is InChI=1S/C17H19N5O/c1-21-6-8-22(9-7-21)17(23)12-2-3-14-13(10-12)11-16(19-14)15-4-5-18-20-15/h2-5,10-11,19H,6-9H2,1H3,(H,18,20). The molecule has 0 radical (unpaired) electrons. The minimum atomic E-state index is 0.115. The van der Waals surface area contributed by atoms with Crippen molar-refractivity contribution in [3.05, 3.63) is 42.1 Å². The Kier molecular flexibility index (Phi) is 3.38. The van der Waals surface area contributed by atoms with E-state index in [0.717, 1.165) is 54.0 Å². The van der Waals surface area contributed by atoms with Gasteiger partial charge in [-0.3, -0.25) is 9.89 Å². The lowest BCUT2D eigenvalue weighted by atomic mass is 10.1. The molecule has 1 aromatic carbocycles. The maximum atomic E-state index is 12.7. The third-order valence-corrected chi connectivity index (χ3v) is 4.45. The molecule has 2 aromatic heterocycles. The van der Waals surface area contributed by atoms with E-state index in [0.29, 0.717) is 0 Å². The molecule has 118 valence electrons. The van der Waals surface area contributed by atoms with Crippen molar-refractivity contribution in [1.29, 1.82) is 0 Å². The molecular weight excluding hydrogens is 290 g/mol. The molecule has 3 aromatic rings. The number of H-pyrrole nitrogens is 2. The number of piperazine rings is 1. The maximum absolute atomic E-state index is 12.7. The second kappa shape index (κ2) is 5.55. The summed E-state index contributed by atoms with van der Waals surface area (Å²) in [6, 6.07) is 9.80. The Morgan fingerprint density at radius 2 is 1.91 bits per heavy atom. The third kappa shape index (κ3) is 2.61. The molecule has 0 spiro atoms. The van der Waals surface area contributed by atoms with Crippen LogP contribution in [0.25, 0.3) is 22.3 Å². The van der Waals surface area contributed by atoms with Gasteiger partial charge < -0.3 is 14.8 Å². The number of amides is 1. The van der Waals surface area contributed by atoms with Crippen LogP contribution in [0.5, 0.6) is 0 Å². The Morgan fingerprint density at radius 3 is 2.65 bits per heavy atom. The summed E-state index contributed by atoms with van der Waals surface area (Å²) in [4.78, 5) is 20.2. The Labute approximate surface area is 134 Å². The van der Waals surface area contributed by atoms with Gasteiger partial charge in [-0.1, -0.05) is 0 Å². The van der Waals surface area contributed by atoms with Gasteiger partial charge in [-0.25, -0.2) is 0 Å². The second-order valence-electron chi connectivity index (χ2n) is 6.05. The number of benzene rings is 1. The van der Waals surface area contributed by atoms with Gasteiger partial charge in [0.2, 0.25) is 0 Å². The number of carbonyl (C=O) groups excluding carboxylic acids is 1. The molecule has 0 unspecified atom stereocenters. The molecule has 0 aliphatic carbocycles. The van der Waals surface area contributed by atoms with Crippen molar-refractivity contribution < 1.29 is 4.79 Å². The van der Waals surface area contributed by atoms with Crippen molar-refractivity contribution in [2.45, 2.75) is 0 Å². The van der Waals surface area contributed by atoms with Crippen LogP contribution in [0.3, 0.4) is 0 Å². The van der Waals surface area contributed by atoms with E-state index in [4.69, 9.17) is 0 Å². The summed E-state index contributed by atoms with van der Waals surface area (Å²) in [6.07, 6.45) is 1.73. The van der Waals surface area contributed by atoms with Crippen molar-refractivity contribution in [1.82, 2.24) is 25.0 Å². The summed E-state index contributed by atoms with van der Waals surface area (Å²) in [7, 11) is 2.09. The molecule has 6 heteroatoms. The monoisotopic (exact) mass is 309 g/mol. The fourth-order valence-electron chi connectivity index (χ4n) is 3.01. The fraction of sp³-hybridized carbons (Fsp3) is 0.294. The van der Waals surface area contributed by atoms with Crippen molar-refractivity contribution in [3.63, 3.8) is 0 Å².